The molecule has 0 bridgehead atoms. The van der Waals surface area contributed by atoms with Gasteiger partial charge in [0.1, 0.15) is 0 Å². The smallest absolute Gasteiger partial charge is 0.235 e. The Hall–Kier alpha value is -2.70. The zero-order chi connectivity index (χ0) is 16.1. The highest BCUT2D eigenvalue weighted by atomic mass is 35.5. The van der Waals surface area contributed by atoms with E-state index in [1.54, 1.807) is 4.52 Å². The van der Waals surface area contributed by atoms with Gasteiger partial charge in [0.25, 0.3) is 0 Å². The monoisotopic (exact) mass is 351 g/mol. The summed E-state index contributed by atoms with van der Waals surface area (Å²) >= 11 is 7.77. The van der Waals surface area contributed by atoms with Crippen molar-refractivity contribution >= 4 is 38.8 Å². The lowest BCUT2D eigenvalue weighted by Crippen LogP contribution is -1.91. The summed E-state index contributed by atoms with van der Waals surface area (Å²) in [6, 6.07) is 17.8. The number of nitrogens with zero attached hydrogens (tertiary/aromatic N) is 4. The van der Waals surface area contributed by atoms with Gasteiger partial charge >= 0.3 is 0 Å². The summed E-state index contributed by atoms with van der Waals surface area (Å²) < 4.78 is 1.74. The molecule has 0 aliphatic carbocycles. The van der Waals surface area contributed by atoms with Crippen molar-refractivity contribution in [1.29, 1.82) is 0 Å². The maximum absolute atomic E-state index is 6.28. The summed E-state index contributed by atoms with van der Waals surface area (Å²) in [7, 11) is 0. The molecule has 2 aromatic carbocycles. The summed E-state index contributed by atoms with van der Waals surface area (Å²) in [6.45, 7) is 0. The SMILES string of the molecule is Clc1ccccc1-c1nnc2sc(-c3cc4ccccc4[nH]3)nn12. The van der Waals surface area contributed by atoms with Gasteiger partial charge in [0.05, 0.1) is 10.7 Å². The molecule has 0 unspecified atom stereocenters. The summed E-state index contributed by atoms with van der Waals surface area (Å²) in [5.74, 6) is 0.647. The minimum Gasteiger partial charge on any atom is -0.353 e. The van der Waals surface area contributed by atoms with E-state index in [9.17, 15) is 0 Å². The van der Waals surface area contributed by atoms with Gasteiger partial charge in [-0.05, 0) is 24.3 Å². The van der Waals surface area contributed by atoms with Crippen LogP contribution in [0, 0.1) is 0 Å². The number of fused-ring (bicyclic) bond motifs is 2. The minimum absolute atomic E-state index is 0.631. The van der Waals surface area contributed by atoms with Crippen LogP contribution in [0.2, 0.25) is 5.02 Å². The van der Waals surface area contributed by atoms with Crippen molar-refractivity contribution in [3.05, 3.63) is 59.6 Å². The number of aromatic amines is 1. The first-order chi connectivity index (χ1) is 11.8. The van der Waals surface area contributed by atoms with Gasteiger partial charge in [0, 0.05) is 16.5 Å². The minimum atomic E-state index is 0.631. The molecule has 5 nitrogen and oxygen atoms in total. The van der Waals surface area contributed by atoms with Gasteiger partial charge in [0.15, 0.2) is 10.8 Å². The third-order valence-corrected chi connectivity index (χ3v) is 5.13. The van der Waals surface area contributed by atoms with E-state index in [4.69, 9.17) is 11.6 Å². The van der Waals surface area contributed by atoms with Gasteiger partial charge in [-0.3, -0.25) is 0 Å². The van der Waals surface area contributed by atoms with Crippen molar-refractivity contribution in [3.63, 3.8) is 0 Å². The van der Waals surface area contributed by atoms with Crippen LogP contribution in [-0.2, 0) is 0 Å². The van der Waals surface area contributed by atoms with Crippen molar-refractivity contribution < 1.29 is 0 Å². The largest absolute Gasteiger partial charge is 0.353 e. The van der Waals surface area contributed by atoms with Gasteiger partial charge in [-0.15, -0.1) is 10.2 Å². The molecule has 7 heteroatoms. The number of benzene rings is 2. The lowest BCUT2D eigenvalue weighted by Gasteiger charge is -1.99. The zero-order valence-corrected chi connectivity index (χ0v) is 13.8. The molecule has 116 valence electrons. The van der Waals surface area contributed by atoms with Crippen molar-refractivity contribution in [3.8, 4) is 22.1 Å². The topological polar surface area (TPSA) is 58.9 Å². The number of halogens is 1. The highest BCUT2D eigenvalue weighted by Crippen LogP contribution is 2.31. The predicted molar refractivity (Wildman–Crippen MR) is 96.4 cm³/mol. The molecule has 3 heterocycles. The summed E-state index contributed by atoms with van der Waals surface area (Å²) in [4.78, 5) is 4.13. The van der Waals surface area contributed by atoms with E-state index in [0.29, 0.717) is 10.8 Å². The molecule has 0 saturated heterocycles. The second-order valence-corrected chi connectivity index (χ2v) is 6.74. The van der Waals surface area contributed by atoms with Gasteiger partial charge in [-0.2, -0.15) is 9.61 Å². The van der Waals surface area contributed by atoms with E-state index >= 15 is 0 Å². The Morgan fingerprint density at radius 1 is 1.00 bits per heavy atom. The second kappa shape index (κ2) is 5.15. The fraction of sp³-hybridized carbons (Fsp3) is 0. The van der Waals surface area contributed by atoms with Crippen molar-refractivity contribution in [1.82, 2.24) is 24.8 Å². The quantitative estimate of drug-likeness (QED) is 0.503. The van der Waals surface area contributed by atoms with E-state index in [-0.39, 0.29) is 0 Å². The molecular formula is C17H10ClN5S. The van der Waals surface area contributed by atoms with E-state index in [1.165, 1.54) is 11.3 Å². The first-order valence-electron chi connectivity index (χ1n) is 7.35. The van der Waals surface area contributed by atoms with E-state index in [2.05, 4.69) is 32.4 Å². The first-order valence-corrected chi connectivity index (χ1v) is 8.54. The molecule has 0 fully saturated rings. The Labute approximate surface area is 145 Å². The standard InChI is InChI=1S/C17H10ClN5S/c18-12-7-3-2-6-11(12)15-20-21-17-23(15)22-16(24-17)14-9-10-5-1-4-8-13(10)19-14/h1-9,19H. The summed E-state index contributed by atoms with van der Waals surface area (Å²) in [5.41, 5.74) is 2.88. The highest BCUT2D eigenvalue weighted by molar-refractivity contribution is 7.19. The fourth-order valence-corrected chi connectivity index (χ4v) is 3.76. The average Bonchev–Trinajstić information content (AvgIpc) is 3.28. The molecular weight excluding hydrogens is 342 g/mol. The number of hydrogen-bond acceptors (Lipinski definition) is 4. The molecule has 0 saturated carbocycles. The number of para-hydroxylation sites is 1. The molecule has 0 atom stereocenters. The molecule has 0 aliphatic rings. The van der Waals surface area contributed by atoms with Crippen molar-refractivity contribution in [2.45, 2.75) is 0 Å². The van der Waals surface area contributed by atoms with E-state index in [1.807, 2.05) is 42.5 Å². The van der Waals surface area contributed by atoms with Crippen molar-refractivity contribution in [2.75, 3.05) is 0 Å². The van der Waals surface area contributed by atoms with Crippen LogP contribution in [0.4, 0.5) is 0 Å². The van der Waals surface area contributed by atoms with Crippen LogP contribution in [-0.4, -0.2) is 24.8 Å². The Morgan fingerprint density at radius 2 is 1.83 bits per heavy atom. The molecule has 0 amide bonds. The van der Waals surface area contributed by atoms with Crippen LogP contribution in [0.25, 0.3) is 38.0 Å². The average molecular weight is 352 g/mol. The van der Waals surface area contributed by atoms with Gasteiger partial charge in [0.2, 0.25) is 4.96 Å². The molecule has 0 spiro atoms. The van der Waals surface area contributed by atoms with Gasteiger partial charge in [-0.1, -0.05) is 53.3 Å². The summed E-state index contributed by atoms with van der Waals surface area (Å²) in [5, 5.41) is 15.8. The number of rotatable bonds is 2. The Balaban J connectivity index is 1.68. The van der Waals surface area contributed by atoms with Gasteiger partial charge in [-0.25, -0.2) is 0 Å². The number of nitrogens with one attached hydrogen (secondary N) is 1. The van der Waals surface area contributed by atoms with Gasteiger partial charge < -0.3 is 4.98 Å². The predicted octanol–water partition coefficient (Wildman–Crippen LogP) is 4.65. The molecule has 0 radical (unpaired) electrons. The maximum Gasteiger partial charge on any atom is 0.235 e. The molecule has 5 rings (SSSR count). The molecule has 1 N–H and O–H groups in total. The third-order valence-electron chi connectivity index (χ3n) is 3.87. The number of aromatic nitrogens is 5. The van der Waals surface area contributed by atoms with E-state index < -0.39 is 0 Å². The molecule has 3 aromatic heterocycles. The van der Waals surface area contributed by atoms with Crippen LogP contribution in [0.3, 0.4) is 0 Å². The summed E-state index contributed by atoms with van der Waals surface area (Å²) in [6.07, 6.45) is 0. The van der Waals surface area contributed by atoms with Crippen LogP contribution in [0.5, 0.6) is 0 Å². The molecule has 0 aliphatic heterocycles. The third kappa shape index (κ3) is 2.04. The van der Waals surface area contributed by atoms with Crippen LogP contribution >= 0.6 is 22.9 Å². The lowest BCUT2D eigenvalue weighted by atomic mass is 10.2. The fourth-order valence-electron chi connectivity index (χ4n) is 2.72. The van der Waals surface area contributed by atoms with Crippen LogP contribution in [0.15, 0.2) is 54.6 Å². The van der Waals surface area contributed by atoms with E-state index in [0.717, 1.165) is 32.1 Å². The van der Waals surface area contributed by atoms with Crippen LogP contribution in [0.1, 0.15) is 0 Å². The molecule has 5 aromatic rings. The van der Waals surface area contributed by atoms with Crippen LogP contribution < -0.4 is 0 Å². The zero-order valence-electron chi connectivity index (χ0n) is 12.3. The number of H-pyrrole nitrogens is 1. The lowest BCUT2D eigenvalue weighted by molar-refractivity contribution is 0.968. The Kier molecular flexibility index (Phi) is 2.95. The second-order valence-electron chi connectivity index (χ2n) is 5.38. The Bertz CT molecular complexity index is 1150. The van der Waals surface area contributed by atoms with Crippen molar-refractivity contribution in [2.24, 2.45) is 0 Å². The Morgan fingerprint density at radius 3 is 2.71 bits per heavy atom. The highest BCUT2D eigenvalue weighted by Gasteiger charge is 2.17. The normalized spacial score (nSPS) is 11.5. The molecule has 24 heavy (non-hydrogen) atoms. The first kappa shape index (κ1) is 13.7. The maximum atomic E-state index is 6.28. The number of hydrogen-bond donors (Lipinski definition) is 1.